The first-order valence-corrected chi connectivity index (χ1v) is 10.6. The fourth-order valence-corrected chi connectivity index (χ4v) is 4.75. The Morgan fingerprint density at radius 3 is 2.50 bits per heavy atom. The molecule has 0 saturated carbocycles. The number of hydrogen-bond acceptors (Lipinski definition) is 2. The van der Waals surface area contributed by atoms with Crippen molar-refractivity contribution in [3.63, 3.8) is 0 Å². The summed E-state index contributed by atoms with van der Waals surface area (Å²) in [6.07, 6.45) is 7.18. The molecule has 1 aliphatic rings. The van der Waals surface area contributed by atoms with Crippen LogP contribution in [0.4, 0.5) is 4.39 Å². The van der Waals surface area contributed by atoms with Crippen LogP contribution in [0.3, 0.4) is 0 Å². The molecule has 1 unspecified atom stereocenters. The van der Waals surface area contributed by atoms with Gasteiger partial charge in [-0.05, 0) is 73.1 Å². The van der Waals surface area contributed by atoms with Crippen molar-refractivity contribution in [1.29, 1.82) is 0 Å². The molecule has 0 amide bonds. The summed E-state index contributed by atoms with van der Waals surface area (Å²) in [5, 5.41) is 16.3. The van der Waals surface area contributed by atoms with Crippen molar-refractivity contribution in [3.05, 3.63) is 89.0 Å². The summed E-state index contributed by atoms with van der Waals surface area (Å²) >= 11 is 0. The number of halogens is 1. The van der Waals surface area contributed by atoms with Gasteiger partial charge in [-0.3, -0.25) is 0 Å². The predicted octanol–water partition coefficient (Wildman–Crippen LogP) is 6.06. The second-order valence-corrected chi connectivity index (χ2v) is 8.83. The van der Waals surface area contributed by atoms with Crippen LogP contribution in [0.25, 0.3) is 11.8 Å². The van der Waals surface area contributed by atoms with Crippen molar-refractivity contribution in [2.45, 2.75) is 52.1 Å². The molecule has 3 nitrogen and oxygen atoms in total. The highest BCUT2D eigenvalue weighted by atomic mass is 19.1. The molecule has 0 fully saturated rings. The Labute approximate surface area is 177 Å². The van der Waals surface area contributed by atoms with E-state index in [1.54, 1.807) is 12.1 Å². The zero-order valence-electron chi connectivity index (χ0n) is 17.9. The van der Waals surface area contributed by atoms with Gasteiger partial charge in [0.15, 0.2) is 0 Å². The number of hydrogen-bond donors (Lipinski definition) is 1. The first-order valence-electron chi connectivity index (χ1n) is 10.6. The summed E-state index contributed by atoms with van der Waals surface area (Å²) in [5.74, 6) is -0.254. The molecule has 0 aliphatic heterocycles. The Kier molecular flexibility index (Phi) is 5.37. The lowest BCUT2D eigenvalue weighted by Gasteiger charge is -2.41. The Bertz CT molecular complexity index is 1050. The first kappa shape index (κ1) is 20.5. The van der Waals surface area contributed by atoms with E-state index >= 15 is 0 Å². The summed E-state index contributed by atoms with van der Waals surface area (Å²) in [6, 6.07) is 16.4. The van der Waals surface area contributed by atoms with Crippen molar-refractivity contribution in [1.82, 2.24) is 9.78 Å². The van der Waals surface area contributed by atoms with Crippen LogP contribution < -0.4 is 0 Å². The van der Waals surface area contributed by atoms with Crippen LogP contribution in [0.15, 0.2) is 66.4 Å². The molecule has 4 heteroatoms. The van der Waals surface area contributed by atoms with E-state index in [0.29, 0.717) is 6.42 Å². The van der Waals surface area contributed by atoms with Crippen LogP contribution in [0.5, 0.6) is 0 Å². The molecule has 3 aromatic rings. The summed E-state index contributed by atoms with van der Waals surface area (Å²) in [7, 11) is 0. The van der Waals surface area contributed by atoms with Crippen LogP contribution in [0.1, 0.15) is 56.9 Å². The summed E-state index contributed by atoms with van der Waals surface area (Å²) < 4.78 is 15.2. The average molecular weight is 405 g/mol. The zero-order valence-corrected chi connectivity index (χ0v) is 17.9. The van der Waals surface area contributed by atoms with E-state index < -0.39 is 5.60 Å². The molecule has 156 valence electrons. The van der Waals surface area contributed by atoms with Gasteiger partial charge in [0, 0.05) is 0 Å². The van der Waals surface area contributed by atoms with Gasteiger partial charge in [0.05, 0.1) is 23.2 Å². The number of allylic oxidation sites excluding steroid dienone is 1. The minimum absolute atomic E-state index is 0.177. The smallest absolute Gasteiger partial charge is 0.123 e. The molecule has 2 atom stereocenters. The van der Waals surface area contributed by atoms with Crippen LogP contribution in [-0.2, 0) is 12.0 Å². The van der Waals surface area contributed by atoms with Crippen molar-refractivity contribution < 1.29 is 9.50 Å². The minimum atomic E-state index is -0.871. The highest BCUT2D eigenvalue weighted by Crippen LogP contribution is 2.47. The lowest BCUT2D eigenvalue weighted by atomic mass is 9.65. The van der Waals surface area contributed by atoms with Gasteiger partial charge in [0.1, 0.15) is 5.82 Å². The van der Waals surface area contributed by atoms with Crippen molar-refractivity contribution in [3.8, 4) is 5.69 Å². The molecule has 1 heterocycles. The number of rotatable bonds is 6. The van der Waals surface area contributed by atoms with E-state index in [1.807, 2.05) is 41.2 Å². The molecule has 4 rings (SSSR count). The molecule has 1 N–H and O–H groups in total. The monoisotopic (exact) mass is 404 g/mol. The fraction of sp³-hybridized carbons (Fsp3) is 0.346. The molecular formula is C26H29FN2O. The molecule has 2 aromatic carbocycles. The van der Waals surface area contributed by atoms with E-state index in [1.165, 1.54) is 17.7 Å². The van der Waals surface area contributed by atoms with Gasteiger partial charge in [-0.15, -0.1) is 0 Å². The normalized spacial score (nSPS) is 20.4. The third-order valence-corrected chi connectivity index (χ3v) is 6.50. The molecule has 0 saturated heterocycles. The number of nitrogens with zero attached hydrogens (tertiary/aromatic N) is 2. The molecule has 30 heavy (non-hydrogen) atoms. The standard InChI is InChI=1S/C26H29FN2O/c1-4-14-26(30,21-8-6-5-7-9-21)18-25(3)16-20-17-28-29(24(20)15-19(25)2)23-12-10-22(27)11-13-23/h5-13,15,17,30H,4,14,16,18H2,1-3H3/t25?,26-/m1/s1. The van der Waals surface area contributed by atoms with Gasteiger partial charge >= 0.3 is 0 Å². The van der Waals surface area contributed by atoms with Gasteiger partial charge < -0.3 is 5.11 Å². The van der Waals surface area contributed by atoms with E-state index in [-0.39, 0.29) is 11.2 Å². The number of benzene rings is 2. The lowest BCUT2D eigenvalue weighted by Crippen LogP contribution is -2.36. The van der Waals surface area contributed by atoms with Crippen molar-refractivity contribution >= 4 is 6.08 Å². The van der Waals surface area contributed by atoms with Crippen LogP contribution in [-0.4, -0.2) is 14.9 Å². The maximum atomic E-state index is 13.3. The van der Waals surface area contributed by atoms with Crippen molar-refractivity contribution in [2.24, 2.45) is 5.41 Å². The summed E-state index contributed by atoms with van der Waals surface area (Å²) in [6.45, 7) is 6.49. The van der Waals surface area contributed by atoms with Crippen molar-refractivity contribution in [2.75, 3.05) is 0 Å². The maximum absolute atomic E-state index is 13.3. The largest absolute Gasteiger partial charge is 0.385 e. The molecule has 0 bridgehead atoms. The third-order valence-electron chi connectivity index (χ3n) is 6.50. The molecule has 0 spiro atoms. The van der Waals surface area contributed by atoms with Gasteiger partial charge in [-0.2, -0.15) is 5.10 Å². The average Bonchev–Trinajstić information content (AvgIpc) is 3.11. The second-order valence-electron chi connectivity index (χ2n) is 8.83. The second kappa shape index (κ2) is 7.84. The van der Waals surface area contributed by atoms with E-state index in [0.717, 1.165) is 41.8 Å². The van der Waals surface area contributed by atoms with Gasteiger partial charge in [0.25, 0.3) is 0 Å². The Morgan fingerprint density at radius 1 is 1.13 bits per heavy atom. The molecule has 1 aliphatic carbocycles. The van der Waals surface area contributed by atoms with Gasteiger partial charge in [-0.25, -0.2) is 9.07 Å². The van der Waals surface area contributed by atoms with Gasteiger partial charge in [0.2, 0.25) is 0 Å². The van der Waals surface area contributed by atoms with Gasteiger partial charge in [-0.1, -0.05) is 56.2 Å². The van der Waals surface area contributed by atoms with Crippen LogP contribution in [0, 0.1) is 11.2 Å². The fourth-order valence-electron chi connectivity index (χ4n) is 4.75. The van der Waals surface area contributed by atoms with E-state index in [9.17, 15) is 9.50 Å². The highest BCUT2D eigenvalue weighted by molar-refractivity contribution is 5.60. The minimum Gasteiger partial charge on any atom is -0.385 e. The number of aliphatic hydroxyl groups is 1. The van der Waals surface area contributed by atoms with Crippen LogP contribution in [0.2, 0.25) is 0 Å². The SMILES string of the molecule is CCC[C@@](O)(CC1(C)Cc2cnn(-c3ccc(F)cc3)c2C=C1C)c1ccccc1. The molecule has 0 radical (unpaired) electrons. The predicted molar refractivity (Wildman–Crippen MR) is 119 cm³/mol. The third kappa shape index (κ3) is 3.72. The quantitative estimate of drug-likeness (QED) is 0.543. The lowest BCUT2D eigenvalue weighted by molar-refractivity contribution is -0.0118. The molecule has 1 aromatic heterocycles. The zero-order chi connectivity index (χ0) is 21.4. The Hall–Kier alpha value is -2.72. The Balaban J connectivity index is 1.68. The summed E-state index contributed by atoms with van der Waals surface area (Å²) in [4.78, 5) is 0. The maximum Gasteiger partial charge on any atom is 0.123 e. The Morgan fingerprint density at radius 2 is 1.83 bits per heavy atom. The van der Waals surface area contributed by atoms with E-state index in [2.05, 4.69) is 31.9 Å². The highest BCUT2D eigenvalue weighted by Gasteiger charge is 2.41. The number of aromatic nitrogens is 2. The molecular weight excluding hydrogens is 375 g/mol. The van der Waals surface area contributed by atoms with Crippen LogP contribution >= 0.6 is 0 Å². The number of fused-ring (bicyclic) bond motifs is 1. The topological polar surface area (TPSA) is 38.1 Å². The summed E-state index contributed by atoms with van der Waals surface area (Å²) in [5.41, 5.74) is 4.19. The van der Waals surface area contributed by atoms with E-state index in [4.69, 9.17) is 0 Å². The first-order chi connectivity index (χ1) is 14.3.